The molecule has 0 aliphatic rings. The molecule has 0 saturated carbocycles. The van der Waals surface area contributed by atoms with Gasteiger partial charge in [0.15, 0.2) is 0 Å². The molecule has 2 aromatic carbocycles. The smallest absolute Gasteiger partial charge is 0.339 e. The van der Waals surface area contributed by atoms with Gasteiger partial charge in [-0.15, -0.1) is 11.8 Å². The van der Waals surface area contributed by atoms with Crippen LogP contribution in [0.25, 0.3) is 0 Å². The van der Waals surface area contributed by atoms with Gasteiger partial charge in [-0.3, -0.25) is 4.79 Å². The summed E-state index contributed by atoms with van der Waals surface area (Å²) in [5.41, 5.74) is 3.60. The fraction of sp³-hybridized carbons (Fsp3) is 0.379. The Balaban J connectivity index is 1.49. The number of ether oxygens (including phenoxy) is 1. The maximum Gasteiger partial charge on any atom is 0.339 e. The minimum absolute atomic E-state index is 0.123. The van der Waals surface area contributed by atoms with Crippen molar-refractivity contribution in [2.45, 2.75) is 62.4 Å². The van der Waals surface area contributed by atoms with Crippen LogP contribution in [0.5, 0.6) is 0 Å². The van der Waals surface area contributed by atoms with E-state index in [0.717, 1.165) is 36.8 Å². The first kappa shape index (κ1) is 26.6. The zero-order valence-electron chi connectivity index (χ0n) is 20.3. The average molecular weight is 495 g/mol. The first-order chi connectivity index (χ1) is 17.1. The molecule has 0 spiro atoms. The molecule has 1 unspecified atom stereocenters. The molecule has 3 aromatic rings. The van der Waals surface area contributed by atoms with Gasteiger partial charge in [-0.2, -0.15) is 0 Å². The molecule has 0 fully saturated rings. The van der Waals surface area contributed by atoms with Crippen molar-refractivity contribution in [3.05, 3.63) is 94.9 Å². The second-order valence-corrected chi connectivity index (χ2v) is 9.68. The summed E-state index contributed by atoms with van der Waals surface area (Å²) in [6.45, 7) is 0. The number of carboxylic acid groups (broad SMARTS) is 1. The van der Waals surface area contributed by atoms with Gasteiger partial charge in [0.05, 0.1) is 19.1 Å². The Labute approximate surface area is 211 Å². The topological polar surface area (TPSA) is 76.7 Å². The molecule has 5 nitrogen and oxygen atoms in total. The molecule has 1 N–H and O–H groups in total. The minimum Gasteiger partial charge on any atom is -0.478 e. The summed E-state index contributed by atoms with van der Waals surface area (Å²) in [5, 5.41) is 8.78. The molecule has 0 radical (unpaired) electrons. The van der Waals surface area contributed by atoms with Gasteiger partial charge < -0.3 is 14.3 Å². The van der Waals surface area contributed by atoms with E-state index in [2.05, 4.69) is 36.4 Å². The Hall–Kier alpha value is -2.99. The highest BCUT2D eigenvalue weighted by Crippen LogP contribution is 2.36. The summed E-state index contributed by atoms with van der Waals surface area (Å²) < 4.78 is 10.4. The molecule has 3 rings (SSSR count). The van der Waals surface area contributed by atoms with Crippen LogP contribution in [-0.2, 0) is 28.1 Å². The van der Waals surface area contributed by atoms with Gasteiger partial charge in [-0.1, -0.05) is 80.3 Å². The average Bonchev–Trinajstić information content (AvgIpc) is 3.36. The summed E-state index contributed by atoms with van der Waals surface area (Å²) in [4.78, 5) is 24.0. The van der Waals surface area contributed by atoms with Gasteiger partial charge in [-0.25, -0.2) is 4.79 Å². The molecule has 1 atom stereocenters. The van der Waals surface area contributed by atoms with E-state index >= 15 is 0 Å². The fourth-order valence-electron chi connectivity index (χ4n) is 4.21. The Morgan fingerprint density at radius 2 is 1.54 bits per heavy atom. The Morgan fingerprint density at radius 3 is 2.26 bits per heavy atom. The number of carboxylic acids is 1. The molecule has 0 aliphatic heterocycles. The fourth-order valence-corrected chi connectivity index (χ4v) is 5.39. The molecule has 0 bridgehead atoms. The molecular weight excluding hydrogens is 460 g/mol. The zero-order valence-corrected chi connectivity index (χ0v) is 21.1. The molecule has 1 aromatic heterocycles. The number of benzene rings is 2. The molecular formula is C29H34O5S. The predicted octanol–water partition coefficient (Wildman–Crippen LogP) is 7.25. The molecule has 0 aliphatic carbocycles. The number of aryl methyl sites for hydroxylation is 2. The Morgan fingerprint density at radius 1 is 0.886 bits per heavy atom. The second kappa shape index (κ2) is 14.4. The summed E-state index contributed by atoms with van der Waals surface area (Å²) in [6, 6.07) is 20.0. The van der Waals surface area contributed by atoms with Crippen molar-refractivity contribution in [3.8, 4) is 0 Å². The Bertz CT molecular complexity index is 1060. The number of hydrogen-bond acceptors (Lipinski definition) is 5. The van der Waals surface area contributed by atoms with Crippen molar-refractivity contribution < 1.29 is 23.8 Å². The quantitative estimate of drug-likeness (QED) is 0.177. The number of carbonyl (C=O) groups is 2. The first-order valence-corrected chi connectivity index (χ1v) is 13.3. The van der Waals surface area contributed by atoms with Gasteiger partial charge in [0.2, 0.25) is 0 Å². The van der Waals surface area contributed by atoms with E-state index in [1.165, 1.54) is 62.4 Å². The standard InChI is InChI=1S/C29H34O5S/c1-33-29(32)27(35-21-26-25(28(30)31)19-20-34-26)24-18-12-11-17-23(24)16-10-5-3-2-4-7-13-22-14-8-6-9-15-22/h6,8-9,11-12,14-15,17-20,27H,2-5,7,10,13,16,21H2,1H3,(H,30,31). The third-order valence-electron chi connectivity index (χ3n) is 6.11. The number of hydrogen-bond donors (Lipinski definition) is 1. The molecule has 0 saturated heterocycles. The third kappa shape index (κ3) is 8.32. The van der Waals surface area contributed by atoms with Crippen molar-refractivity contribution >= 4 is 23.7 Å². The summed E-state index contributed by atoms with van der Waals surface area (Å²) in [6.07, 6.45) is 10.6. The van der Waals surface area contributed by atoms with E-state index in [4.69, 9.17) is 9.15 Å². The van der Waals surface area contributed by atoms with Crippen molar-refractivity contribution in [3.63, 3.8) is 0 Å². The van der Waals surface area contributed by atoms with Gasteiger partial charge in [-0.05, 0) is 48.4 Å². The van der Waals surface area contributed by atoms with Crippen molar-refractivity contribution in [2.75, 3.05) is 7.11 Å². The van der Waals surface area contributed by atoms with Crippen LogP contribution in [0, 0.1) is 0 Å². The normalized spacial score (nSPS) is 11.8. The lowest BCUT2D eigenvalue weighted by atomic mass is 9.98. The van der Waals surface area contributed by atoms with Gasteiger partial charge >= 0.3 is 11.9 Å². The molecule has 0 amide bonds. The van der Waals surface area contributed by atoms with E-state index < -0.39 is 11.2 Å². The first-order valence-electron chi connectivity index (χ1n) is 12.2. The van der Waals surface area contributed by atoms with Crippen LogP contribution < -0.4 is 0 Å². The monoisotopic (exact) mass is 494 g/mol. The number of thioether (sulfide) groups is 1. The third-order valence-corrected chi connectivity index (χ3v) is 7.32. The van der Waals surface area contributed by atoms with Crippen molar-refractivity contribution in [2.24, 2.45) is 0 Å². The van der Waals surface area contributed by atoms with E-state index in [1.807, 2.05) is 18.2 Å². The Kier molecular flexibility index (Phi) is 11.0. The van der Waals surface area contributed by atoms with E-state index in [0.29, 0.717) is 5.76 Å². The van der Waals surface area contributed by atoms with Crippen molar-refractivity contribution in [1.29, 1.82) is 0 Å². The van der Waals surface area contributed by atoms with Crippen LogP contribution in [0.3, 0.4) is 0 Å². The number of rotatable bonds is 15. The van der Waals surface area contributed by atoms with Gasteiger partial charge in [0.1, 0.15) is 16.6 Å². The number of carbonyl (C=O) groups excluding carboxylic acids is 1. The molecule has 1 heterocycles. The second-order valence-electron chi connectivity index (χ2n) is 8.58. The molecule has 186 valence electrons. The lowest BCUT2D eigenvalue weighted by Gasteiger charge is -2.18. The number of unbranched alkanes of at least 4 members (excludes halogenated alkanes) is 5. The maximum absolute atomic E-state index is 12.6. The van der Waals surface area contributed by atoms with E-state index in [9.17, 15) is 14.7 Å². The predicted molar refractivity (Wildman–Crippen MR) is 140 cm³/mol. The van der Waals surface area contributed by atoms with E-state index in [-0.39, 0.29) is 17.3 Å². The van der Waals surface area contributed by atoms with Gasteiger partial charge in [0, 0.05) is 0 Å². The van der Waals surface area contributed by atoms with Crippen molar-refractivity contribution in [1.82, 2.24) is 0 Å². The van der Waals surface area contributed by atoms with Crippen LogP contribution in [0.2, 0.25) is 0 Å². The highest BCUT2D eigenvalue weighted by molar-refractivity contribution is 7.99. The largest absolute Gasteiger partial charge is 0.478 e. The maximum atomic E-state index is 12.6. The summed E-state index contributed by atoms with van der Waals surface area (Å²) in [5.74, 6) is -0.763. The number of aromatic carboxylic acids is 1. The van der Waals surface area contributed by atoms with Crippen LogP contribution in [0.4, 0.5) is 0 Å². The van der Waals surface area contributed by atoms with Crippen LogP contribution in [-0.4, -0.2) is 24.2 Å². The van der Waals surface area contributed by atoms with Crippen LogP contribution in [0.15, 0.2) is 71.3 Å². The SMILES string of the molecule is COC(=O)C(SCc1occc1C(=O)O)c1ccccc1CCCCCCCCc1ccccc1. The number of esters is 1. The number of furan rings is 1. The zero-order chi connectivity index (χ0) is 24.9. The number of methoxy groups -OCH3 is 1. The minimum atomic E-state index is -1.04. The van der Waals surface area contributed by atoms with E-state index in [1.54, 1.807) is 0 Å². The summed E-state index contributed by atoms with van der Waals surface area (Å²) >= 11 is 1.33. The van der Waals surface area contributed by atoms with Crippen LogP contribution >= 0.6 is 11.8 Å². The lowest BCUT2D eigenvalue weighted by Crippen LogP contribution is -2.14. The summed E-state index contributed by atoms with van der Waals surface area (Å²) in [7, 11) is 1.38. The highest BCUT2D eigenvalue weighted by Gasteiger charge is 2.26. The molecule has 6 heteroatoms. The lowest BCUT2D eigenvalue weighted by molar-refractivity contribution is -0.140. The molecule has 35 heavy (non-hydrogen) atoms. The highest BCUT2D eigenvalue weighted by atomic mass is 32.2. The van der Waals surface area contributed by atoms with Crippen LogP contribution in [0.1, 0.15) is 76.6 Å². The van der Waals surface area contributed by atoms with Gasteiger partial charge in [0.25, 0.3) is 0 Å².